The van der Waals surface area contributed by atoms with Gasteiger partial charge >= 0.3 is 0 Å². The van der Waals surface area contributed by atoms with Crippen LogP contribution in [-0.2, 0) is 0 Å². The Morgan fingerprint density at radius 1 is 1.18 bits per heavy atom. The van der Waals surface area contributed by atoms with Gasteiger partial charge in [-0.1, -0.05) is 31.2 Å². The number of hydrogen-bond acceptors (Lipinski definition) is 0. The second-order valence-corrected chi connectivity index (χ2v) is 2.16. The molecule has 0 aliphatic heterocycles. The van der Waals surface area contributed by atoms with E-state index in [1.165, 1.54) is 0 Å². The third-order valence-electron chi connectivity index (χ3n) is 1.16. The summed E-state index contributed by atoms with van der Waals surface area (Å²) in [6.07, 6.45) is 14.4. The molecule has 0 aromatic carbocycles. The highest BCUT2D eigenvalue weighted by Crippen LogP contribution is 1.86. The number of rotatable bonds is 4. The summed E-state index contributed by atoms with van der Waals surface area (Å²) in [5.41, 5.74) is 3.01. The zero-order valence-electron chi connectivity index (χ0n) is 7.38. The first-order valence-electron chi connectivity index (χ1n) is 4.09. The van der Waals surface area contributed by atoms with Crippen molar-refractivity contribution < 1.29 is 0 Å². The fraction of sp³-hybridized carbons (Fsp3) is 0.364. The molecule has 0 N–H and O–H groups in total. The summed E-state index contributed by atoms with van der Waals surface area (Å²) in [7, 11) is 0. The van der Waals surface area contributed by atoms with Crippen LogP contribution in [0.5, 0.6) is 0 Å². The normalized spacial score (nSPS) is 10.4. The number of hydrogen-bond donors (Lipinski definition) is 0. The summed E-state index contributed by atoms with van der Waals surface area (Å²) < 4.78 is 0. The van der Waals surface area contributed by atoms with Gasteiger partial charge in [0.15, 0.2) is 0 Å². The van der Waals surface area contributed by atoms with E-state index in [1.54, 1.807) is 0 Å². The van der Waals surface area contributed by atoms with Gasteiger partial charge < -0.3 is 0 Å². The Bertz CT molecular complexity index is 176. The minimum atomic E-state index is 0.971. The lowest BCUT2D eigenvalue weighted by Crippen LogP contribution is -1.55. The zero-order chi connectivity index (χ0) is 8.36. The lowest BCUT2D eigenvalue weighted by atomic mass is 10.3. The molecule has 0 aliphatic carbocycles. The lowest BCUT2D eigenvalue weighted by Gasteiger charge is -1.76. The van der Waals surface area contributed by atoms with E-state index >= 15 is 0 Å². The second-order valence-electron chi connectivity index (χ2n) is 2.16. The third-order valence-corrected chi connectivity index (χ3v) is 1.16. The monoisotopic (exact) mass is 148 g/mol. The van der Waals surface area contributed by atoms with Crippen molar-refractivity contribution in [2.24, 2.45) is 0 Å². The van der Waals surface area contributed by atoms with Gasteiger partial charge in [-0.05, 0) is 31.9 Å². The van der Waals surface area contributed by atoms with Crippen molar-refractivity contribution >= 4 is 0 Å². The Balaban J connectivity index is 3.45. The largest absolute Gasteiger partial charge is 0.130 e. The van der Waals surface area contributed by atoms with Gasteiger partial charge in [-0.25, -0.2) is 0 Å². The zero-order valence-corrected chi connectivity index (χ0v) is 7.38. The molecular formula is C11H16. The van der Waals surface area contributed by atoms with Crippen LogP contribution >= 0.6 is 0 Å². The molecule has 0 fully saturated rings. The van der Waals surface area contributed by atoms with Crippen LogP contribution < -0.4 is 0 Å². The van der Waals surface area contributed by atoms with Gasteiger partial charge in [-0.3, -0.25) is 0 Å². The minimum Gasteiger partial charge on any atom is -0.130 e. The average Bonchev–Trinajstić information content (AvgIpc) is 2.03. The Morgan fingerprint density at radius 3 is 2.55 bits per heavy atom. The Kier molecular flexibility index (Phi) is 8.18. The van der Waals surface area contributed by atoms with Crippen molar-refractivity contribution in [3.8, 4) is 0 Å². The van der Waals surface area contributed by atoms with Crippen LogP contribution in [0.25, 0.3) is 0 Å². The fourth-order valence-corrected chi connectivity index (χ4v) is 0.626. The van der Waals surface area contributed by atoms with Gasteiger partial charge in [0.05, 0.1) is 0 Å². The highest BCUT2D eigenvalue weighted by atomic mass is 13.7. The van der Waals surface area contributed by atoms with Crippen LogP contribution in [0.1, 0.15) is 26.7 Å². The molecule has 0 saturated carbocycles. The summed E-state index contributed by atoms with van der Waals surface area (Å²) in [5.74, 6) is 0. The van der Waals surface area contributed by atoms with E-state index in [4.69, 9.17) is 0 Å². The van der Waals surface area contributed by atoms with Crippen LogP contribution in [0, 0.1) is 0 Å². The fourth-order valence-electron chi connectivity index (χ4n) is 0.626. The van der Waals surface area contributed by atoms with Gasteiger partial charge in [0.25, 0.3) is 0 Å². The maximum absolute atomic E-state index is 3.01. The molecule has 0 aromatic heterocycles. The van der Waals surface area contributed by atoms with Crippen LogP contribution in [0.2, 0.25) is 0 Å². The van der Waals surface area contributed by atoms with Crippen LogP contribution in [-0.4, -0.2) is 0 Å². The first-order chi connectivity index (χ1) is 5.41. The first kappa shape index (κ1) is 10.0. The highest BCUT2D eigenvalue weighted by Gasteiger charge is 1.66. The maximum atomic E-state index is 3.01. The number of allylic oxidation sites excluding steroid dienone is 5. The van der Waals surface area contributed by atoms with Gasteiger partial charge in [0, 0.05) is 0 Å². The minimum absolute atomic E-state index is 0.971. The highest BCUT2D eigenvalue weighted by molar-refractivity contribution is 5.04. The molecule has 0 spiro atoms. The van der Waals surface area contributed by atoms with Gasteiger partial charge in [-0.2, -0.15) is 0 Å². The molecule has 0 aromatic rings. The average molecular weight is 148 g/mol. The maximum Gasteiger partial charge on any atom is -0.00899 e. The smallest absolute Gasteiger partial charge is 0.00899 e. The molecule has 0 rings (SSSR count). The van der Waals surface area contributed by atoms with E-state index in [-0.39, 0.29) is 0 Å². The summed E-state index contributed by atoms with van der Waals surface area (Å²) >= 11 is 0. The summed E-state index contributed by atoms with van der Waals surface area (Å²) in [6.45, 7) is 4.10. The molecule has 0 amide bonds. The predicted octanol–water partition coefficient (Wildman–Crippen LogP) is 3.63. The van der Waals surface area contributed by atoms with Gasteiger partial charge in [0.2, 0.25) is 0 Å². The molecular weight excluding hydrogens is 132 g/mol. The van der Waals surface area contributed by atoms with Crippen molar-refractivity contribution in [3.05, 3.63) is 42.2 Å². The topological polar surface area (TPSA) is 0 Å². The van der Waals surface area contributed by atoms with Crippen molar-refractivity contribution in [1.29, 1.82) is 0 Å². The molecule has 0 saturated heterocycles. The second kappa shape index (κ2) is 9.00. The molecule has 60 valence electrons. The first-order valence-corrected chi connectivity index (χ1v) is 4.09. The molecule has 0 unspecified atom stereocenters. The molecule has 0 nitrogen and oxygen atoms in total. The summed E-state index contributed by atoms with van der Waals surface area (Å²) in [5, 5.41) is 0. The predicted molar refractivity (Wildman–Crippen MR) is 51.5 cm³/mol. The molecule has 0 aliphatic rings. The third kappa shape index (κ3) is 9.00. The molecule has 0 heteroatoms. The van der Waals surface area contributed by atoms with Crippen LogP contribution in [0.3, 0.4) is 0 Å². The van der Waals surface area contributed by atoms with Crippen molar-refractivity contribution in [1.82, 2.24) is 0 Å². The summed E-state index contributed by atoms with van der Waals surface area (Å²) in [4.78, 5) is 0. The Morgan fingerprint density at radius 2 is 1.91 bits per heavy atom. The SMILES string of the molecule is CC=C=CCC=CC=CCC. The van der Waals surface area contributed by atoms with E-state index < -0.39 is 0 Å². The molecule has 11 heavy (non-hydrogen) atoms. The Labute approximate surface area is 69.6 Å². The van der Waals surface area contributed by atoms with E-state index in [0.29, 0.717) is 0 Å². The molecule has 0 radical (unpaired) electrons. The van der Waals surface area contributed by atoms with Crippen molar-refractivity contribution in [3.63, 3.8) is 0 Å². The standard InChI is InChI=1S/C11H16/c1-3-5-7-9-11-10-8-6-4-2/h3,6-8,10-11H,4,9H2,1-2H3. The summed E-state index contributed by atoms with van der Waals surface area (Å²) in [6, 6.07) is 0. The van der Waals surface area contributed by atoms with Gasteiger partial charge in [-0.15, -0.1) is 5.73 Å². The van der Waals surface area contributed by atoms with E-state index in [2.05, 4.69) is 37.0 Å². The Hall–Kier alpha value is -1.00. The molecule has 0 atom stereocenters. The van der Waals surface area contributed by atoms with Crippen molar-refractivity contribution in [2.45, 2.75) is 26.7 Å². The van der Waals surface area contributed by atoms with E-state index in [9.17, 15) is 0 Å². The van der Waals surface area contributed by atoms with Crippen LogP contribution in [0.4, 0.5) is 0 Å². The molecule has 0 bridgehead atoms. The van der Waals surface area contributed by atoms with Gasteiger partial charge in [0.1, 0.15) is 0 Å². The van der Waals surface area contributed by atoms with E-state index in [0.717, 1.165) is 12.8 Å². The van der Waals surface area contributed by atoms with E-state index in [1.807, 2.05) is 19.1 Å². The van der Waals surface area contributed by atoms with Crippen LogP contribution in [0.15, 0.2) is 42.2 Å². The lowest BCUT2D eigenvalue weighted by molar-refractivity contribution is 1.22. The quantitative estimate of drug-likeness (QED) is 0.422. The molecule has 0 heterocycles. The van der Waals surface area contributed by atoms with Crippen molar-refractivity contribution in [2.75, 3.05) is 0 Å².